The summed E-state index contributed by atoms with van der Waals surface area (Å²) in [5, 5.41) is 12.7. The van der Waals surface area contributed by atoms with Crippen molar-refractivity contribution in [3.05, 3.63) is 73.8 Å². The van der Waals surface area contributed by atoms with Crippen LogP contribution in [-0.4, -0.2) is 38.0 Å². The minimum Gasteiger partial charge on any atom is -0.340 e. The number of benzene rings is 1. The number of nitro groups is 1. The Morgan fingerprint density at radius 3 is 2.80 bits per heavy atom. The summed E-state index contributed by atoms with van der Waals surface area (Å²) in [6, 6.07) is 10.5. The van der Waals surface area contributed by atoms with Crippen molar-refractivity contribution in [2.75, 3.05) is 13.1 Å². The summed E-state index contributed by atoms with van der Waals surface area (Å²) in [7, 11) is 0. The average Bonchev–Trinajstić information content (AvgIpc) is 3.10. The SMILES string of the molecule is O=C(Cn1ccc2ccc(Cl)cc21)N1C[C@H]2C[C@@H](C1)c1ccc([N+](=O)[O-])c(=O)n1C2. The van der Waals surface area contributed by atoms with Crippen molar-refractivity contribution in [2.45, 2.75) is 25.4 Å². The smallest absolute Gasteiger partial charge is 0.334 e. The first-order valence-electron chi connectivity index (χ1n) is 9.81. The number of carbonyl (C=O) groups is 1. The molecule has 9 heteroatoms. The number of pyridine rings is 1. The normalized spacial score (nSPS) is 20.2. The number of amides is 1. The summed E-state index contributed by atoms with van der Waals surface area (Å²) in [6.45, 7) is 1.67. The fourth-order valence-corrected chi connectivity index (χ4v) is 4.98. The van der Waals surface area contributed by atoms with Crippen LogP contribution in [0, 0.1) is 16.0 Å². The lowest BCUT2D eigenvalue weighted by molar-refractivity contribution is -0.386. The van der Waals surface area contributed by atoms with Crippen molar-refractivity contribution >= 4 is 34.1 Å². The van der Waals surface area contributed by atoms with E-state index in [2.05, 4.69) is 0 Å². The molecule has 0 aliphatic carbocycles. The van der Waals surface area contributed by atoms with E-state index in [1.807, 2.05) is 39.9 Å². The summed E-state index contributed by atoms with van der Waals surface area (Å²) in [5.74, 6) is 0.126. The molecule has 1 aromatic carbocycles. The molecule has 30 heavy (non-hydrogen) atoms. The zero-order chi connectivity index (χ0) is 21.0. The van der Waals surface area contributed by atoms with E-state index in [0.717, 1.165) is 23.0 Å². The van der Waals surface area contributed by atoms with Gasteiger partial charge < -0.3 is 14.0 Å². The van der Waals surface area contributed by atoms with E-state index >= 15 is 0 Å². The quantitative estimate of drug-likeness (QED) is 0.475. The van der Waals surface area contributed by atoms with Crippen LogP contribution < -0.4 is 5.56 Å². The van der Waals surface area contributed by atoms with Gasteiger partial charge in [0, 0.05) is 54.0 Å². The maximum atomic E-state index is 13.1. The van der Waals surface area contributed by atoms with Crippen molar-refractivity contribution in [2.24, 2.45) is 5.92 Å². The topological polar surface area (TPSA) is 90.4 Å². The molecule has 0 radical (unpaired) electrons. The third kappa shape index (κ3) is 3.08. The number of carbonyl (C=O) groups excluding carboxylic acids is 1. The molecule has 1 fully saturated rings. The maximum absolute atomic E-state index is 13.1. The second kappa shape index (κ2) is 6.98. The van der Waals surface area contributed by atoms with Gasteiger partial charge in [-0.3, -0.25) is 19.7 Å². The van der Waals surface area contributed by atoms with Gasteiger partial charge in [0.15, 0.2) is 0 Å². The highest BCUT2D eigenvalue weighted by molar-refractivity contribution is 6.31. The van der Waals surface area contributed by atoms with Gasteiger partial charge in [-0.1, -0.05) is 17.7 Å². The van der Waals surface area contributed by atoms with Crippen molar-refractivity contribution in [1.29, 1.82) is 0 Å². The largest absolute Gasteiger partial charge is 0.340 e. The molecule has 0 unspecified atom stereocenters. The van der Waals surface area contributed by atoms with Gasteiger partial charge in [-0.15, -0.1) is 0 Å². The zero-order valence-electron chi connectivity index (χ0n) is 16.0. The fourth-order valence-electron chi connectivity index (χ4n) is 4.82. The highest BCUT2D eigenvalue weighted by atomic mass is 35.5. The van der Waals surface area contributed by atoms with Gasteiger partial charge in [0.2, 0.25) is 5.91 Å². The summed E-state index contributed by atoms with van der Waals surface area (Å²) in [4.78, 5) is 37.9. The molecule has 2 aromatic heterocycles. The third-order valence-corrected chi connectivity index (χ3v) is 6.41. The minimum atomic E-state index is -0.635. The molecule has 2 aliphatic rings. The molecule has 154 valence electrons. The van der Waals surface area contributed by atoms with Crippen LogP contribution in [0.5, 0.6) is 0 Å². The van der Waals surface area contributed by atoms with Gasteiger partial charge in [-0.2, -0.15) is 0 Å². The van der Waals surface area contributed by atoms with Crippen molar-refractivity contribution in [3.8, 4) is 0 Å². The highest BCUT2D eigenvalue weighted by Crippen LogP contribution is 2.35. The first-order valence-corrected chi connectivity index (χ1v) is 10.2. The molecule has 2 atom stereocenters. The van der Waals surface area contributed by atoms with Crippen LogP contribution >= 0.6 is 11.6 Å². The van der Waals surface area contributed by atoms with E-state index < -0.39 is 16.2 Å². The number of aromatic nitrogens is 2. The lowest BCUT2D eigenvalue weighted by Gasteiger charge is -2.42. The van der Waals surface area contributed by atoms with Crippen LogP contribution in [0.15, 0.2) is 47.4 Å². The molecule has 5 rings (SSSR count). The Kier molecular flexibility index (Phi) is 4.39. The summed E-state index contributed by atoms with van der Waals surface area (Å²) < 4.78 is 3.43. The van der Waals surface area contributed by atoms with Gasteiger partial charge in [0.25, 0.3) is 0 Å². The number of hydrogen-bond acceptors (Lipinski definition) is 4. The summed E-state index contributed by atoms with van der Waals surface area (Å²) >= 11 is 6.11. The van der Waals surface area contributed by atoms with E-state index in [9.17, 15) is 19.7 Å². The van der Waals surface area contributed by atoms with Gasteiger partial charge in [0.05, 0.1) is 4.92 Å². The number of halogens is 1. The van der Waals surface area contributed by atoms with E-state index in [1.54, 1.807) is 6.07 Å². The first-order chi connectivity index (χ1) is 14.4. The van der Waals surface area contributed by atoms with E-state index in [4.69, 9.17) is 11.6 Å². The maximum Gasteiger partial charge on any atom is 0.334 e. The monoisotopic (exact) mass is 426 g/mol. The Labute approximate surface area is 176 Å². The van der Waals surface area contributed by atoms with Crippen LogP contribution in [-0.2, 0) is 17.9 Å². The minimum absolute atomic E-state index is 0.00537. The molecule has 2 bridgehead atoms. The fraction of sp³-hybridized carbons (Fsp3) is 0.333. The van der Waals surface area contributed by atoms with Crippen molar-refractivity contribution < 1.29 is 9.72 Å². The van der Waals surface area contributed by atoms with Crippen LogP contribution in [0.25, 0.3) is 10.9 Å². The number of hydrogen-bond donors (Lipinski definition) is 0. The molecular formula is C21H19ClN4O4. The second-order valence-corrected chi connectivity index (χ2v) is 8.50. The molecule has 0 saturated carbocycles. The number of fused-ring (bicyclic) bond motifs is 5. The Bertz CT molecular complexity index is 1250. The molecule has 8 nitrogen and oxygen atoms in total. The zero-order valence-corrected chi connectivity index (χ0v) is 16.8. The first kappa shape index (κ1) is 18.9. The molecule has 1 amide bonds. The van der Waals surface area contributed by atoms with Crippen molar-refractivity contribution in [1.82, 2.24) is 14.0 Å². The second-order valence-electron chi connectivity index (χ2n) is 8.06. The van der Waals surface area contributed by atoms with Gasteiger partial charge in [-0.05, 0) is 42.0 Å². The number of nitrogens with zero attached hydrogens (tertiary/aromatic N) is 4. The van der Waals surface area contributed by atoms with E-state index in [-0.39, 0.29) is 24.3 Å². The molecular weight excluding hydrogens is 408 g/mol. The molecule has 0 N–H and O–H groups in total. The van der Waals surface area contributed by atoms with Crippen LogP contribution in [0.3, 0.4) is 0 Å². The highest BCUT2D eigenvalue weighted by Gasteiger charge is 2.37. The van der Waals surface area contributed by atoms with Crippen LogP contribution in [0.4, 0.5) is 5.69 Å². The Morgan fingerprint density at radius 1 is 1.17 bits per heavy atom. The number of likely N-dealkylation sites (tertiary alicyclic amines) is 1. The van der Waals surface area contributed by atoms with Crippen LogP contribution in [0.1, 0.15) is 18.0 Å². The number of piperidine rings is 1. The molecule has 0 spiro atoms. The molecule has 4 heterocycles. The Balaban J connectivity index is 1.39. The summed E-state index contributed by atoms with van der Waals surface area (Å²) in [6.07, 6.45) is 2.76. The van der Waals surface area contributed by atoms with Crippen LogP contribution in [0.2, 0.25) is 5.02 Å². The van der Waals surface area contributed by atoms with Crippen molar-refractivity contribution in [3.63, 3.8) is 0 Å². The van der Waals surface area contributed by atoms with E-state index in [0.29, 0.717) is 24.7 Å². The lowest BCUT2D eigenvalue weighted by Crippen LogP contribution is -2.50. The van der Waals surface area contributed by atoms with Gasteiger partial charge in [-0.25, -0.2) is 0 Å². The summed E-state index contributed by atoms with van der Waals surface area (Å²) in [5.41, 5.74) is 0.738. The van der Waals surface area contributed by atoms with Gasteiger partial charge in [0.1, 0.15) is 6.54 Å². The predicted octanol–water partition coefficient (Wildman–Crippen LogP) is 3.01. The molecule has 2 aliphatic heterocycles. The Hall–Kier alpha value is -3.13. The standard InChI is InChI=1S/C21H19ClN4O4/c22-16-2-1-14-5-6-23(19(14)8-16)12-20(27)24-9-13-7-15(11-24)17-3-4-18(26(29)30)21(28)25(17)10-13/h1-6,8,13,15H,7,9-12H2/t13-,15+/m1/s1. The average molecular weight is 427 g/mol. The molecule has 1 saturated heterocycles. The Morgan fingerprint density at radius 2 is 2.00 bits per heavy atom. The molecule has 3 aromatic rings. The lowest BCUT2D eigenvalue weighted by atomic mass is 9.83. The third-order valence-electron chi connectivity index (χ3n) is 6.18. The van der Waals surface area contributed by atoms with Gasteiger partial charge >= 0.3 is 11.2 Å². The van der Waals surface area contributed by atoms with E-state index in [1.165, 1.54) is 10.6 Å². The predicted molar refractivity (Wildman–Crippen MR) is 112 cm³/mol. The number of rotatable bonds is 3.